The molecule has 0 radical (unpaired) electrons. The van der Waals surface area contributed by atoms with E-state index in [-0.39, 0.29) is 76.6 Å². The topological polar surface area (TPSA) is 84.9 Å². The minimum atomic E-state index is -3.44. The summed E-state index contributed by atoms with van der Waals surface area (Å²) in [7, 11) is -2.87. The van der Waals surface area contributed by atoms with Crippen molar-refractivity contribution in [1.82, 2.24) is 0 Å². The smallest absolute Gasteiger partial charge is 0.216 e. The van der Waals surface area contributed by atoms with Crippen molar-refractivity contribution in [2.45, 2.75) is 112 Å². The molecule has 1 N–H and O–H groups in total. The van der Waals surface area contributed by atoms with Gasteiger partial charge >= 0.3 is 0 Å². The van der Waals surface area contributed by atoms with Gasteiger partial charge < -0.3 is 19.7 Å². The maximum absolute atomic E-state index is 13.2. The SMILES string of the molecule is Cc1ccc([S+]2c3ccccc3N(C)c3ccccc32)cc1.Cc1ccc([S+]2c3ccccc3Nc3ccccc32)cc1.Fc1ccc(-[s+]2c3ccccc3c3ccccc32)cc1.Fc1ccc([S+]2c3ccccc3Oc3ccccc32)cc1.O=S1(=O)c2ccccc2[S+](c2ccccc2)c2ccccc21.O=S1c2ccccc2[S+](c2ccccc2)c2ccccc21.c1ccc([S+]2CCOCC2)cc1. The monoisotopic (exact) mass is 1980 g/mol. The molecule has 18 heteroatoms. The Kier molecular flexibility index (Phi) is 29.0. The Morgan fingerprint density at radius 2 is 0.597 bits per heavy atom. The highest BCUT2D eigenvalue weighted by Crippen LogP contribution is 2.53. The molecule has 0 amide bonds. The number of rotatable bonds is 7. The van der Waals surface area contributed by atoms with Crippen LogP contribution in [0.4, 0.5) is 31.5 Å². The average molecular weight is 1990 g/mol. The predicted octanol–water partition coefficient (Wildman–Crippen LogP) is 31.1. The summed E-state index contributed by atoms with van der Waals surface area (Å²) in [4.78, 5) is 26.0. The summed E-state index contributed by atoms with van der Waals surface area (Å²) in [6, 6.07) is 162. The number of thiophene rings is 1. The quantitative estimate of drug-likeness (QED) is 0.159. The van der Waals surface area contributed by atoms with E-state index in [1.54, 1.807) is 36.4 Å². The highest BCUT2D eigenvalue weighted by molar-refractivity contribution is 8.01. The summed E-state index contributed by atoms with van der Waals surface area (Å²) < 4.78 is 78.9. The summed E-state index contributed by atoms with van der Waals surface area (Å²) in [5, 5.41) is 6.16. The van der Waals surface area contributed by atoms with Gasteiger partial charge in [0.05, 0.1) is 56.6 Å². The highest BCUT2D eigenvalue weighted by atomic mass is 32.2. The van der Waals surface area contributed by atoms with Crippen LogP contribution in [0.15, 0.2) is 577 Å². The van der Waals surface area contributed by atoms with Crippen molar-refractivity contribution < 1.29 is 30.9 Å². The fraction of sp³-hybridized carbons (Fsp3) is 0.0579. The van der Waals surface area contributed by atoms with E-state index in [0.717, 1.165) is 63.9 Å². The molecule has 7 heterocycles. The van der Waals surface area contributed by atoms with Crippen LogP contribution in [-0.2, 0) is 90.7 Å². The summed E-state index contributed by atoms with van der Waals surface area (Å²) in [6.45, 7) is 6.16. The van der Waals surface area contributed by atoms with Gasteiger partial charge in [-0.3, -0.25) is 0 Å². The Morgan fingerprint density at radius 1 is 0.295 bits per heavy atom. The molecule has 0 unspecified atom stereocenters. The first-order valence-electron chi connectivity index (χ1n) is 45.7. The number of hydrogen-bond acceptors (Lipinski definition) is 7. The summed E-state index contributed by atoms with van der Waals surface area (Å²) >= 11 is 0. The third kappa shape index (κ3) is 20.0. The van der Waals surface area contributed by atoms with Crippen LogP contribution in [0.5, 0.6) is 11.5 Å². The molecule has 0 aliphatic carbocycles. The van der Waals surface area contributed by atoms with Crippen LogP contribution < -0.4 is 15.0 Å². The van der Waals surface area contributed by atoms with Crippen molar-refractivity contribution in [2.75, 3.05) is 42.0 Å². The maximum Gasteiger partial charge on any atom is 0.216 e. The second-order valence-corrected chi connectivity index (χ2v) is 50.3. The Hall–Kier alpha value is -13.2. The van der Waals surface area contributed by atoms with Crippen molar-refractivity contribution in [1.29, 1.82) is 0 Å². The minimum absolute atomic E-state index is 0.0285. The van der Waals surface area contributed by atoms with E-state index in [2.05, 4.69) is 316 Å². The second-order valence-electron chi connectivity index (χ2n) is 33.0. The Balaban J connectivity index is 0.000000100. The third-order valence-electron chi connectivity index (χ3n) is 24.1. The number of sulfone groups is 1. The Morgan fingerprint density at radius 3 is 1.04 bits per heavy atom. The number of para-hydroxylation sites is 6. The van der Waals surface area contributed by atoms with E-state index in [0.29, 0.717) is 20.7 Å². The largest absolute Gasteiger partial charge is 0.447 e. The van der Waals surface area contributed by atoms with E-state index >= 15 is 0 Å². The first kappa shape index (κ1) is 93.5. The van der Waals surface area contributed by atoms with Crippen molar-refractivity contribution in [3.8, 4) is 16.4 Å². The van der Waals surface area contributed by atoms with E-state index in [1.807, 2.05) is 146 Å². The molecular weight excluding hydrogens is 1890 g/mol. The van der Waals surface area contributed by atoms with Crippen LogP contribution in [-0.4, -0.2) is 44.4 Å². The van der Waals surface area contributed by atoms with Crippen LogP contribution >= 0.6 is 10.5 Å². The molecule has 1 aromatic heterocycles. The van der Waals surface area contributed by atoms with E-state index in [4.69, 9.17) is 9.47 Å². The molecule has 7 nitrogen and oxygen atoms in total. The molecule has 20 aromatic rings. The number of anilines is 4. The first-order valence-corrected chi connectivity index (χ1v) is 57.3. The zero-order valence-corrected chi connectivity index (χ0v) is 83.7. The van der Waals surface area contributed by atoms with Gasteiger partial charge in [0.1, 0.15) is 87.4 Å². The lowest BCUT2D eigenvalue weighted by Gasteiger charge is -2.28. The number of fused-ring (bicyclic) bond motifs is 13. The lowest BCUT2D eigenvalue weighted by Crippen LogP contribution is -2.26. The van der Waals surface area contributed by atoms with Gasteiger partial charge in [-0.2, -0.15) is 0 Å². The van der Waals surface area contributed by atoms with Crippen molar-refractivity contribution in [2.24, 2.45) is 0 Å². The standard InChI is InChI=1S/C20H18NS.C19H16NS.C18H12FOS.C18H12FS.C18H13O2S2.C18H13OS2.C10H13OS/c1-15-11-13-16(14-12-15)22-19-9-5-3-7-17(19)21(2)18-8-4-6-10-20(18)22;1-14-10-12-15(13-11-14)21-18-8-4-2-6-16(18)20-17-7-3-5-9-19(17)21;19-13-9-11-14(12-10-13)21-17-7-3-1-5-15(17)20-16-6-2-4-8-18(16)21;19-13-9-11-14(12-10-13)20-17-7-3-1-5-15(17)16-6-2-4-8-18(16)20;19-22(20)17-12-6-4-10-15(17)21(14-8-2-1-3-9-14)16-11-5-7-13-18(16)22;19-21-17-12-6-4-10-15(17)20(14-8-2-1-3-9-14)16-11-5-7-13-18(16)21;1-2-4-10(5-3-1)12-8-6-11-7-9-12/h3-14H,1-2H3;2-13,20H,1H3;1-12H;1-12H;1-13H;1-13H;1-5H,6-9H2/q7*+1. The fourth-order valence-electron chi connectivity index (χ4n) is 17.5. The predicted molar refractivity (Wildman–Crippen MR) is 576 cm³/mol. The van der Waals surface area contributed by atoms with Gasteiger partial charge in [0.25, 0.3) is 0 Å². The molecule has 0 spiro atoms. The number of ether oxygens (including phenoxy) is 2. The van der Waals surface area contributed by atoms with Crippen LogP contribution in [0.3, 0.4) is 0 Å². The zero-order chi connectivity index (χ0) is 94.7. The molecule has 0 saturated carbocycles. The normalized spacial score (nSPS) is 14.9. The average Bonchev–Trinajstić information content (AvgIpc) is 1.42. The van der Waals surface area contributed by atoms with Crippen LogP contribution in [0.25, 0.3) is 25.1 Å². The number of benzene rings is 19. The van der Waals surface area contributed by atoms with Gasteiger partial charge in [0.2, 0.25) is 19.6 Å². The Bertz CT molecular complexity index is 7460. The van der Waals surface area contributed by atoms with Gasteiger partial charge in [0, 0.05) is 51.3 Å². The number of aryl methyl sites for hydroxylation is 2. The molecule has 682 valence electrons. The zero-order valence-electron chi connectivity index (χ0n) is 76.4. The van der Waals surface area contributed by atoms with E-state index < -0.39 is 20.6 Å². The van der Waals surface area contributed by atoms with Gasteiger partial charge in [-0.15, -0.1) is 0 Å². The summed E-state index contributed by atoms with van der Waals surface area (Å²) in [5.41, 5.74) is 7.68. The lowest BCUT2D eigenvalue weighted by atomic mass is 10.2. The van der Waals surface area contributed by atoms with Gasteiger partial charge in [-0.05, 0) is 257 Å². The number of nitrogens with zero attached hydrogens (tertiary/aromatic N) is 1. The first-order chi connectivity index (χ1) is 68.3. The highest BCUT2D eigenvalue weighted by Gasteiger charge is 2.47. The summed E-state index contributed by atoms with van der Waals surface area (Å²) in [5.74, 6) is 3.79. The van der Waals surface area contributed by atoms with Gasteiger partial charge in [0.15, 0.2) is 94.3 Å². The molecule has 1 fully saturated rings. The molecule has 139 heavy (non-hydrogen) atoms. The van der Waals surface area contributed by atoms with Crippen LogP contribution in [0.1, 0.15) is 11.1 Å². The number of nitrogens with one attached hydrogen (secondary N) is 1. The van der Waals surface area contributed by atoms with Crippen molar-refractivity contribution >= 4 is 139 Å². The summed E-state index contributed by atoms with van der Waals surface area (Å²) in [6.07, 6.45) is 0. The molecular formula is C121H97F2N2O5S9+7. The molecule has 19 aromatic carbocycles. The molecule has 26 rings (SSSR count). The van der Waals surface area contributed by atoms with Crippen molar-refractivity contribution in [3.05, 3.63) is 502 Å². The molecule has 0 atom stereocenters. The minimum Gasteiger partial charge on any atom is -0.447 e. The van der Waals surface area contributed by atoms with Crippen LogP contribution in [0.2, 0.25) is 0 Å². The molecule has 6 aliphatic heterocycles. The van der Waals surface area contributed by atoms with Gasteiger partial charge in [-0.1, -0.05) is 236 Å². The number of hydrogen-bond donors (Lipinski definition) is 1. The maximum atomic E-state index is 13.2. The molecule has 1 saturated heterocycles. The van der Waals surface area contributed by atoms with Crippen LogP contribution in [0, 0.1) is 25.5 Å². The fourth-order valence-corrected chi connectivity index (χ4v) is 37.6. The Labute approximate surface area is 834 Å². The van der Waals surface area contributed by atoms with Gasteiger partial charge in [-0.25, -0.2) is 21.4 Å². The molecule has 6 aliphatic rings. The lowest BCUT2D eigenvalue weighted by molar-refractivity contribution is 0.159. The van der Waals surface area contributed by atoms with E-state index in [9.17, 15) is 21.4 Å². The second kappa shape index (κ2) is 43.1. The van der Waals surface area contributed by atoms with Crippen molar-refractivity contribution in [3.63, 3.8) is 0 Å². The third-order valence-corrected chi connectivity index (χ3v) is 44.2. The van der Waals surface area contributed by atoms with E-state index in [1.165, 1.54) is 132 Å². The molecule has 0 bridgehead atoms. The number of halogens is 2.